The molecule has 8 atom stereocenters. The lowest BCUT2D eigenvalue weighted by molar-refractivity contribution is -0.524. The molecule has 0 aromatic heterocycles. The second-order valence-corrected chi connectivity index (χ2v) is 15.7. The molecule has 0 bridgehead atoms. The highest BCUT2D eigenvalue weighted by atomic mass is 19.4. The summed E-state index contributed by atoms with van der Waals surface area (Å²) in [6, 6.07) is 0. The Labute approximate surface area is 335 Å². The first-order chi connectivity index (χ1) is 26.8. The molecule has 354 valence electrons. The van der Waals surface area contributed by atoms with Gasteiger partial charge in [0.2, 0.25) is 0 Å². The number of ether oxygens (including phenoxy) is 4. The first-order valence-corrected chi connectivity index (χ1v) is 19.2. The van der Waals surface area contributed by atoms with Crippen molar-refractivity contribution in [3.05, 3.63) is 0 Å². The number of hydrogen-bond donors (Lipinski definition) is 2. The highest BCUT2D eigenvalue weighted by Gasteiger charge is 2.88. The molecule has 0 amide bonds. The third-order valence-corrected chi connectivity index (χ3v) is 12.2. The topological polar surface area (TPSA) is 112 Å². The molecule has 2 heterocycles. The van der Waals surface area contributed by atoms with Crippen LogP contribution in [0.15, 0.2) is 0 Å². The molecule has 1 aliphatic carbocycles. The highest BCUT2D eigenvalue weighted by molar-refractivity contribution is 5.73. The molecule has 0 aromatic carbocycles. The van der Waals surface area contributed by atoms with E-state index >= 15 is 8.78 Å². The molecular weight excluding hydrogens is 864 g/mol. The van der Waals surface area contributed by atoms with Crippen LogP contribution in [0.5, 0.6) is 0 Å². The Balaban J connectivity index is 0.000000418. The van der Waals surface area contributed by atoms with Gasteiger partial charge in [-0.05, 0) is 50.9 Å². The molecule has 8 nitrogen and oxygen atoms in total. The minimum atomic E-state index is -6.31. The van der Waals surface area contributed by atoms with E-state index in [1.165, 1.54) is 27.7 Å². The van der Waals surface area contributed by atoms with Crippen LogP contribution < -0.4 is 0 Å². The fourth-order valence-electron chi connectivity index (χ4n) is 7.64. The fraction of sp³-hybridized carbons (Fsp3) is 0.944. The van der Waals surface area contributed by atoms with Crippen LogP contribution in [0, 0.1) is 17.8 Å². The van der Waals surface area contributed by atoms with Crippen molar-refractivity contribution in [3.63, 3.8) is 0 Å². The highest BCUT2D eigenvalue weighted by Crippen LogP contribution is 2.65. The lowest BCUT2D eigenvalue weighted by Gasteiger charge is -2.59. The van der Waals surface area contributed by atoms with Crippen molar-refractivity contribution >= 4 is 11.9 Å². The minimum absolute atomic E-state index is 0.0441. The number of rotatable bonds is 10. The predicted molar refractivity (Wildman–Crippen MR) is 175 cm³/mol. The van der Waals surface area contributed by atoms with E-state index in [4.69, 9.17) is 4.74 Å². The van der Waals surface area contributed by atoms with Gasteiger partial charge in [-0.1, -0.05) is 67.7 Å². The van der Waals surface area contributed by atoms with Crippen molar-refractivity contribution in [3.8, 4) is 0 Å². The molecule has 60 heavy (non-hydrogen) atoms. The zero-order valence-corrected chi connectivity index (χ0v) is 33.6. The van der Waals surface area contributed by atoms with Crippen molar-refractivity contribution in [2.45, 2.75) is 196 Å². The van der Waals surface area contributed by atoms with Gasteiger partial charge in [-0.3, -0.25) is 9.59 Å². The number of carbonyl (C=O) groups is 2. The van der Waals surface area contributed by atoms with Crippen LogP contribution in [-0.2, 0) is 28.5 Å². The molecule has 3 fully saturated rings. The van der Waals surface area contributed by atoms with Crippen LogP contribution in [0.3, 0.4) is 0 Å². The number of alkyl halides is 16. The Bertz CT molecular complexity index is 1500. The van der Waals surface area contributed by atoms with Gasteiger partial charge in [0.15, 0.2) is 22.4 Å². The first-order valence-electron chi connectivity index (χ1n) is 19.2. The summed E-state index contributed by atoms with van der Waals surface area (Å²) in [5, 5.41) is 19.9. The van der Waals surface area contributed by atoms with Gasteiger partial charge in [0, 0.05) is 12.8 Å². The van der Waals surface area contributed by atoms with Gasteiger partial charge >= 0.3 is 60.1 Å². The average Bonchev–Trinajstić information content (AvgIpc) is 3.13. The Kier molecular flexibility index (Phi) is 15.5. The SMILES string of the molecule is CCC(C)C(=O)OC1(CC)CC(C2CCCCC2)(C(F)(F)F)OC(O)(C(F)(F)F)C1(F)F.CCC(C)C(=O)OC1(CC)CC(CC)(C(F)(F)F)OC(O)(C(F)(F)F)C1(F)F. The summed E-state index contributed by atoms with van der Waals surface area (Å²) >= 11 is 0. The summed E-state index contributed by atoms with van der Waals surface area (Å²) < 4.78 is 244. The molecule has 0 aromatic rings. The van der Waals surface area contributed by atoms with E-state index in [0.29, 0.717) is 6.42 Å². The molecule has 3 aliphatic rings. The second kappa shape index (κ2) is 17.3. The van der Waals surface area contributed by atoms with Gasteiger partial charge in [-0.15, -0.1) is 0 Å². The van der Waals surface area contributed by atoms with Gasteiger partial charge in [0.05, 0.1) is 11.8 Å². The molecule has 0 spiro atoms. The molecule has 0 radical (unpaired) electrons. The summed E-state index contributed by atoms with van der Waals surface area (Å²) in [5.74, 6) is -28.4. The van der Waals surface area contributed by atoms with E-state index in [0.717, 1.165) is 20.8 Å². The van der Waals surface area contributed by atoms with E-state index in [1.54, 1.807) is 0 Å². The van der Waals surface area contributed by atoms with E-state index < -0.39 is 132 Å². The Morgan fingerprint density at radius 1 is 0.583 bits per heavy atom. The number of hydrogen-bond acceptors (Lipinski definition) is 8. The molecule has 1 saturated carbocycles. The lowest BCUT2D eigenvalue weighted by Crippen LogP contribution is -2.80. The first kappa shape index (κ1) is 53.8. The van der Waals surface area contributed by atoms with Crippen molar-refractivity contribution in [1.29, 1.82) is 0 Å². The van der Waals surface area contributed by atoms with E-state index in [1.807, 2.05) is 0 Å². The third kappa shape index (κ3) is 8.65. The van der Waals surface area contributed by atoms with Gasteiger partial charge in [0.25, 0.3) is 0 Å². The van der Waals surface area contributed by atoms with Crippen LogP contribution in [0.25, 0.3) is 0 Å². The smallest absolute Gasteiger partial charge is 0.449 e. The van der Waals surface area contributed by atoms with Crippen molar-refractivity contribution in [2.75, 3.05) is 0 Å². The Morgan fingerprint density at radius 2 is 0.950 bits per heavy atom. The fourth-order valence-corrected chi connectivity index (χ4v) is 7.64. The van der Waals surface area contributed by atoms with Crippen LogP contribution in [0.4, 0.5) is 70.2 Å². The van der Waals surface area contributed by atoms with E-state index in [-0.39, 0.29) is 38.5 Å². The lowest BCUT2D eigenvalue weighted by atomic mass is 9.65. The van der Waals surface area contributed by atoms with Crippen LogP contribution >= 0.6 is 0 Å². The van der Waals surface area contributed by atoms with Gasteiger partial charge in [-0.2, -0.15) is 70.2 Å². The maximum absolute atomic E-state index is 15.4. The van der Waals surface area contributed by atoms with Gasteiger partial charge in [-0.25, -0.2) is 0 Å². The quantitative estimate of drug-likeness (QED) is 0.165. The van der Waals surface area contributed by atoms with Crippen molar-refractivity contribution in [1.82, 2.24) is 0 Å². The van der Waals surface area contributed by atoms with Crippen molar-refractivity contribution in [2.24, 2.45) is 17.8 Å². The molecule has 2 saturated heterocycles. The number of halogens is 16. The van der Waals surface area contributed by atoms with Crippen molar-refractivity contribution < 1.29 is 109 Å². The largest absolute Gasteiger partial charge is 0.452 e. The average molecular weight is 915 g/mol. The summed E-state index contributed by atoms with van der Waals surface area (Å²) in [6.07, 6.45) is -30.2. The monoisotopic (exact) mass is 914 g/mol. The molecule has 3 rings (SSSR count). The number of esters is 2. The third-order valence-electron chi connectivity index (χ3n) is 12.2. The predicted octanol–water partition coefficient (Wildman–Crippen LogP) is 10.7. The van der Waals surface area contributed by atoms with Crippen LogP contribution in [-0.4, -0.2) is 92.7 Å². The zero-order chi connectivity index (χ0) is 47.2. The molecule has 2 N–H and O–H groups in total. The summed E-state index contributed by atoms with van der Waals surface area (Å²) in [7, 11) is 0. The van der Waals surface area contributed by atoms with Crippen LogP contribution in [0.1, 0.15) is 126 Å². The van der Waals surface area contributed by atoms with Gasteiger partial charge < -0.3 is 29.2 Å². The summed E-state index contributed by atoms with van der Waals surface area (Å²) in [4.78, 5) is 24.4. The van der Waals surface area contributed by atoms with E-state index in [2.05, 4.69) is 14.2 Å². The minimum Gasteiger partial charge on any atom is -0.452 e. The standard InChI is InChI=1S/C20H28F8O4.C16H22F8O4/c1-4-12(3)14(29)31-15(5-2)11-16(19(23,24)25,13-9-7-6-8-10-13)32-18(30,17(15,21)22)20(26,27)28;1-5-9(4)10(25)27-11(6-2)8-12(7-3,15(19,20)21)28-14(26,13(11,17)18)16(22,23)24/h12-13,30H,4-11H2,1-3H3;9,26H,5-8H2,1-4H3. The summed E-state index contributed by atoms with van der Waals surface area (Å²) in [6.45, 7) is 7.89. The molecule has 24 heteroatoms. The maximum Gasteiger partial charge on any atom is 0.449 e. The number of carbonyl (C=O) groups excluding carboxylic acids is 2. The maximum atomic E-state index is 15.4. The molecular formula is C36H50F16O8. The normalized spacial score (nSPS) is 35.1. The Hall–Kier alpha value is -2.34. The van der Waals surface area contributed by atoms with E-state index in [9.17, 15) is 81.3 Å². The Morgan fingerprint density at radius 3 is 1.25 bits per heavy atom. The summed E-state index contributed by atoms with van der Waals surface area (Å²) in [5.41, 5.74) is -14.8. The van der Waals surface area contributed by atoms with Gasteiger partial charge in [0.1, 0.15) is 0 Å². The van der Waals surface area contributed by atoms with Crippen LogP contribution in [0.2, 0.25) is 0 Å². The second-order valence-electron chi connectivity index (χ2n) is 15.7. The molecule has 2 aliphatic heterocycles. The number of aliphatic hydroxyl groups is 2. The molecule has 8 unspecified atom stereocenters. The zero-order valence-electron chi connectivity index (χ0n) is 33.6.